The van der Waals surface area contributed by atoms with Crippen LogP contribution in [0.4, 0.5) is 0 Å². The zero-order chi connectivity index (χ0) is 23.3. The molecular weight excluding hydrogens is 420 g/mol. The lowest BCUT2D eigenvalue weighted by Crippen LogP contribution is -2.52. The van der Waals surface area contributed by atoms with Gasteiger partial charge in [-0.05, 0) is 24.7 Å². The molecular formula is C23H26N8O2. The van der Waals surface area contributed by atoms with E-state index in [0.29, 0.717) is 35.5 Å². The average molecular weight is 447 g/mol. The van der Waals surface area contributed by atoms with Gasteiger partial charge in [0.1, 0.15) is 16.9 Å². The van der Waals surface area contributed by atoms with E-state index in [-0.39, 0.29) is 23.8 Å². The number of carbonyl (C=O) groups excluding carboxylic acids is 2. The van der Waals surface area contributed by atoms with E-state index in [0.717, 1.165) is 25.0 Å². The predicted molar refractivity (Wildman–Crippen MR) is 120 cm³/mol. The lowest BCUT2D eigenvalue weighted by molar-refractivity contribution is -0.135. The summed E-state index contributed by atoms with van der Waals surface area (Å²) in [7, 11) is 1.95. The number of hydrogen-bond acceptors (Lipinski definition) is 6. The smallest absolute Gasteiger partial charge is 0.255 e. The molecule has 33 heavy (non-hydrogen) atoms. The van der Waals surface area contributed by atoms with E-state index in [9.17, 15) is 9.59 Å². The van der Waals surface area contributed by atoms with E-state index in [1.165, 1.54) is 11.3 Å². The van der Waals surface area contributed by atoms with Crippen LogP contribution in [0.25, 0.3) is 22.6 Å². The Hall–Kier alpha value is -3.74. The Balaban J connectivity index is 1.39. The number of nitriles is 1. The predicted octanol–water partition coefficient (Wildman–Crippen LogP) is 1.59. The van der Waals surface area contributed by atoms with Crippen molar-refractivity contribution in [2.75, 3.05) is 19.6 Å². The average Bonchev–Trinajstić information content (AvgIpc) is 3.30. The fourth-order valence-corrected chi connectivity index (χ4v) is 4.64. The molecule has 1 aliphatic heterocycles. The molecule has 2 amide bonds. The number of rotatable bonds is 4. The normalized spacial score (nSPS) is 17.3. The van der Waals surface area contributed by atoms with Crippen LogP contribution < -0.4 is 5.32 Å². The minimum atomic E-state index is -0.400. The van der Waals surface area contributed by atoms with Crippen LogP contribution >= 0.6 is 0 Å². The maximum absolute atomic E-state index is 12.8. The van der Waals surface area contributed by atoms with Crippen LogP contribution in [0.15, 0.2) is 12.4 Å². The van der Waals surface area contributed by atoms with Crippen molar-refractivity contribution in [1.29, 1.82) is 5.26 Å². The molecule has 0 radical (unpaired) electrons. The lowest BCUT2D eigenvalue weighted by Gasteiger charge is -2.35. The van der Waals surface area contributed by atoms with Crippen LogP contribution in [0.3, 0.4) is 0 Å². The number of aromatic nitrogens is 5. The fourth-order valence-electron chi connectivity index (χ4n) is 4.64. The van der Waals surface area contributed by atoms with Crippen LogP contribution in [0.5, 0.6) is 0 Å². The van der Waals surface area contributed by atoms with Gasteiger partial charge in [-0.1, -0.05) is 13.8 Å². The first kappa shape index (κ1) is 21.1. The van der Waals surface area contributed by atoms with Gasteiger partial charge in [-0.2, -0.15) is 10.4 Å². The summed E-state index contributed by atoms with van der Waals surface area (Å²) in [6.07, 6.45) is 6.24. The van der Waals surface area contributed by atoms with Crippen molar-refractivity contribution in [3.63, 3.8) is 0 Å². The second kappa shape index (κ2) is 7.69. The van der Waals surface area contributed by atoms with Gasteiger partial charge in [-0.15, -0.1) is 0 Å². The highest BCUT2D eigenvalue weighted by atomic mass is 16.2. The molecule has 0 saturated carbocycles. The Morgan fingerprint density at radius 2 is 2.15 bits per heavy atom. The minimum Gasteiger partial charge on any atom is -0.344 e. The second-order valence-electron chi connectivity index (χ2n) is 9.70. The van der Waals surface area contributed by atoms with E-state index in [4.69, 9.17) is 15.3 Å². The van der Waals surface area contributed by atoms with E-state index < -0.39 is 5.91 Å². The number of nitrogens with one attached hydrogen (secondary N) is 2. The van der Waals surface area contributed by atoms with Crippen LogP contribution in [0.1, 0.15) is 41.9 Å². The van der Waals surface area contributed by atoms with Gasteiger partial charge in [0.25, 0.3) is 5.91 Å². The molecule has 5 rings (SSSR count). The topological polar surface area (TPSA) is 133 Å². The molecule has 0 aromatic carbocycles. The third-order valence-electron chi connectivity index (χ3n) is 6.65. The molecule has 10 heteroatoms. The SMILES string of the molecule is Cn1nc(-c2cnc3[nH]cc(C(=O)NCC(=O)N4CC(C#N)C4)c3n2)c2c1CCC(C)(C)C2. The van der Waals surface area contributed by atoms with Gasteiger partial charge in [-0.3, -0.25) is 14.3 Å². The molecule has 4 heterocycles. The standard InChI is InChI=1S/C23H26N8O2/c1-23(2)5-4-17-14(6-23)19(29-30(17)3)16-9-26-21-20(28-16)15(8-25-21)22(33)27-10-18(32)31-11-13(7-24)12-31/h8-9,13H,4-6,10-12H2,1-3H3,(H,25,26)(H,27,33). The molecule has 0 bridgehead atoms. The molecule has 0 atom stereocenters. The van der Waals surface area contributed by atoms with Crippen LogP contribution in [-0.2, 0) is 24.7 Å². The number of likely N-dealkylation sites (tertiary alicyclic amines) is 1. The third-order valence-corrected chi connectivity index (χ3v) is 6.65. The number of aromatic amines is 1. The monoisotopic (exact) mass is 446 g/mol. The zero-order valence-corrected chi connectivity index (χ0v) is 19.0. The molecule has 1 fully saturated rings. The summed E-state index contributed by atoms with van der Waals surface area (Å²) in [6.45, 7) is 5.23. The second-order valence-corrected chi connectivity index (χ2v) is 9.70. The Morgan fingerprint density at radius 3 is 2.91 bits per heavy atom. The summed E-state index contributed by atoms with van der Waals surface area (Å²) in [4.78, 5) is 38.8. The summed E-state index contributed by atoms with van der Waals surface area (Å²) >= 11 is 0. The van der Waals surface area contributed by atoms with E-state index in [1.54, 1.807) is 17.3 Å². The summed E-state index contributed by atoms with van der Waals surface area (Å²) in [5.41, 5.74) is 5.32. The highest BCUT2D eigenvalue weighted by molar-refractivity contribution is 6.05. The van der Waals surface area contributed by atoms with Gasteiger partial charge in [0.15, 0.2) is 5.65 Å². The summed E-state index contributed by atoms with van der Waals surface area (Å²) in [6, 6.07) is 2.13. The maximum Gasteiger partial charge on any atom is 0.255 e. The van der Waals surface area contributed by atoms with Crippen molar-refractivity contribution in [3.8, 4) is 17.5 Å². The van der Waals surface area contributed by atoms with Crippen molar-refractivity contribution in [1.82, 2.24) is 34.9 Å². The highest BCUT2D eigenvalue weighted by Gasteiger charge is 2.32. The van der Waals surface area contributed by atoms with Crippen molar-refractivity contribution in [3.05, 3.63) is 29.2 Å². The largest absolute Gasteiger partial charge is 0.344 e. The number of H-pyrrole nitrogens is 1. The van der Waals surface area contributed by atoms with Crippen LogP contribution in [0, 0.1) is 22.7 Å². The van der Waals surface area contributed by atoms with Crippen molar-refractivity contribution < 1.29 is 9.59 Å². The molecule has 3 aromatic rings. The van der Waals surface area contributed by atoms with Gasteiger partial charge in [-0.25, -0.2) is 9.97 Å². The number of nitrogens with zero attached hydrogens (tertiary/aromatic N) is 6. The molecule has 1 saturated heterocycles. The Kier molecular flexibility index (Phi) is 4.92. The van der Waals surface area contributed by atoms with Gasteiger partial charge in [0, 0.05) is 37.6 Å². The van der Waals surface area contributed by atoms with Crippen LogP contribution in [-0.4, -0.2) is 61.1 Å². The van der Waals surface area contributed by atoms with Crippen molar-refractivity contribution in [2.45, 2.75) is 33.1 Å². The molecule has 170 valence electrons. The molecule has 10 nitrogen and oxygen atoms in total. The van der Waals surface area contributed by atoms with E-state index in [2.05, 4.69) is 35.2 Å². The molecule has 2 aliphatic rings. The number of aryl methyl sites for hydroxylation is 1. The van der Waals surface area contributed by atoms with Gasteiger partial charge in [0.2, 0.25) is 5.91 Å². The highest BCUT2D eigenvalue weighted by Crippen LogP contribution is 2.38. The van der Waals surface area contributed by atoms with Gasteiger partial charge in [0.05, 0.1) is 30.3 Å². The van der Waals surface area contributed by atoms with Crippen molar-refractivity contribution in [2.24, 2.45) is 18.4 Å². The minimum absolute atomic E-state index is 0.116. The Morgan fingerprint density at radius 1 is 1.36 bits per heavy atom. The van der Waals surface area contributed by atoms with Gasteiger partial charge < -0.3 is 15.2 Å². The lowest BCUT2D eigenvalue weighted by atomic mass is 9.75. The summed E-state index contributed by atoms with van der Waals surface area (Å²) in [5, 5.41) is 16.2. The van der Waals surface area contributed by atoms with E-state index >= 15 is 0 Å². The molecule has 0 unspecified atom stereocenters. The molecule has 3 aromatic heterocycles. The molecule has 2 N–H and O–H groups in total. The zero-order valence-electron chi connectivity index (χ0n) is 19.0. The number of carbonyl (C=O) groups is 2. The number of amides is 2. The summed E-state index contributed by atoms with van der Waals surface area (Å²) in [5.74, 6) is -0.721. The first-order valence-electron chi connectivity index (χ1n) is 11.1. The van der Waals surface area contributed by atoms with Gasteiger partial charge >= 0.3 is 0 Å². The number of hydrogen-bond donors (Lipinski definition) is 2. The third kappa shape index (κ3) is 3.73. The van der Waals surface area contributed by atoms with Crippen LogP contribution in [0.2, 0.25) is 0 Å². The Labute approximate surface area is 191 Å². The first-order chi connectivity index (χ1) is 15.8. The molecule has 0 spiro atoms. The number of fused-ring (bicyclic) bond motifs is 2. The maximum atomic E-state index is 12.8. The van der Waals surface area contributed by atoms with Crippen molar-refractivity contribution >= 4 is 23.0 Å². The molecule has 1 aliphatic carbocycles. The van der Waals surface area contributed by atoms with E-state index in [1.807, 2.05) is 11.7 Å². The Bertz CT molecular complexity index is 1310. The quantitative estimate of drug-likeness (QED) is 0.625. The fraction of sp³-hybridized carbons (Fsp3) is 0.478. The first-order valence-corrected chi connectivity index (χ1v) is 11.1. The summed E-state index contributed by atoms with van der Waals surface area (Å²) < 4.78 is 1.93.